The molecule has 0 fully saturated rings. The average molecular weight is 339 g/mol. The van der Waals surface area contributed by atoms with Crippen LogP contribution in [0.25, 0.3) is 0 Å². The Morgan fingerprint density at radius 3 is 2.57 bits per heavy atom. The van der Waals surface area contributed by atoms with Gasteiger partial charge < -0.3 is 13.9 Å². The normalized spacial score (nSPS) is 11.5. The zero-order valence-corrected chi connectivity index (χ0v) is 13.8. The molecule has 7 nitrogen and oxygen atoms in total. The highest BCUT2D eigenvalue weighted by molar-refractivity contribution is 7.89. The molecule has 0 radical (unpaired) electrons. The lowest BCUT2D eigenvalue weighted by Crippen LogP contribution is -2.26. The first-order chi connectivity index (χ1) is 10.9. The van der Waals surface area contributed by atoms with Gasteiger partial charge in [0.1, 0.15) is 17.1 Å². The number of ether oxygens (including phenoxy) is 2. The maximum atomic E-state index is 12.6. The van der Waals surface area contributed by atoms with Crippen molar-refractivity contribution in [1.29, 1.82) is 0 Å². The second-order valence-corrected chi connectivity index (χ2v) is 6.74. The third-order valence-corrected chi connectivity index (χ3v) is 5.04. The Hall–Kier alpha value is -2.32. The van der Waals surface area contributed by atoms with Gasteiger partial charge in [0, 0.05) is 13.1 Å². The molecule has 23 heavy (non-hydrogen) atoms. The van der Waals surface area contributed by atoms with Crippen LogP contribution in [-0.2, 0) is 21.3 Å². The number of nitrogens with zero attached hydrogens (tertiary/aromatic N) is 1. The number of sulfonamides is 1. The van der Waals surface area contributed by atoms with E-state index in [1.165, 1.54) is 45.7 Å². The van der Waals surface area contributed by atoms with Crippen LogP contribution in [0.5, 0.6) is 5.75 Å². The van der Waals surface area contributed by atoms with E-state index in [1.807, 2.05) is 0 Å². The Morgan fingerprint density at radius 1 is 1.26 bits per heavy atom. The summed E-state index contributed by atoms with van der Waals surface area (Å²) in [4.78, 5) is 11.6. The fraction of sp³-hybridized carbons (Fsp3) is 0.267. The van der Waals surface area contributed by atoms with Gasteiger partial charge in [-0.15, -0.1) is 0 Å². The molecule has 8 heteroatoms. The van der Waals surface area contributed by atoms with Gasteiger partial charge in [-0.25, -0.2) is 13.2 Å². The largest absolute Gasteiger partial charge is 0.496 e. The lowest BCUT2D eigenvalue weighted by Gasteiger charge is -2.17. The molecule has 2 aromatic rings. The zero-order valence-electron chi connectivity index (χ0n) is 13.0. The Kier molecular flexibility index (Phi) is 5.07. The quantitative estimate of drug-likeness (QED) is 0.747. The number of methoxy groups -OCH3 is 2. The standard InChI is InChI=1S/C15H17NO6S/c1-16(10-11-5-4-8-22-11)23(18,19)12-6-7-13(15(17)21-3)14(9-12)20-2/h4-9H,10H2,1-3H3. The summed E-state index contributed by atoms with van der Waals surface area (Å²) in [6.07, 6.45) is 1.48. The zero-order chi connectivity index (χ0) is 17.0. The molecule has 2 rings (SSSR count). The van der Waals surface area contributed by atoms with Gasteiger partial charge in [0.05, 0.1) is 31.9 Å². The number of furan rings is 1. The number of rotatable bonds is 6. The summed E-state index contributed by atoms with van der Waals surface area (Å²) in [5.74, 6) is 0.0493. The van der Waals surface area contributed by atoms with Gasteiger partial charge in [0.25, 0.3) is 0 Å². The third kappa shape index (κ3) is 3.54. The summed E-state index contributed by atoms with van der Waals surface area (Å²) < 4.78 is 41.2. The van der Waals surface area contributed by atoms with Gasteiger partial charge in [-0.3, -0.25) is 0 Å². The van der Waals surface area contributed by atoms with Gasteiger partial charge in [-0.05, 0) is 24.3 Å². The Morgan fingerprint density at radius 2 is 2.00 bits per heavy atom. The summed E-state index contributed by atoms with van der Waals surface area (Å²) in [5.41, 5.74) is 0.155. The predicted molar refractivity (Wildman–Crippen MR) is 81.7 cm³/mol. The second-order valence-electron chi connectivity index (χ2n) is 4.69. The number of hydrogen-bond donors (Lipinski definition) is 0. The first-order valence-corrected chi connectivity index (χ1v) is 8.09. The van der Waals surface area contributed by atoms with Gasteiger partial charge in [0.2, 0.25) is 10.0 Å². The van der Waals surface area contributed by atoms with Crippen LogP contribution < -0.4 is 4.74 Å². The van der Waals surface area contributed by atoms with Crippen LogP contribution in [0.1, 0.15) is 16.1 Å². The monoisotopic (exact) mass is 339 g/mol. The minimum atomic E-state index is -3.76. The maximum Gasteiger partial charge on any atom is 0.341 e. The highest BCUT2D eigenvalue weighted by atomic mass is 32.2. The van der Waals surface area contributed by atoms with E-state index in [9.17, 15) is 13.2 Å². The second kappa shape index (κ2) is 6.84. The number of hydrogen-bond acceptors (Lipinski definition) is 6. The van der Waals surface area contributed by atoms with Crippen molar-refractivity contribution in [3.8, 4) is 5.75 Å². The minimum absolute atomic E-state index is 0.0102. The molecule has 0 saturated heterocycles. The van der Waals surface area contributed by atoms with E-state index in [4.69, 9.17) is 9.15 Å². The molecule has 0 bridgehead atoms. The highest BCUT2D eigenvalue weighted by Gasteiger charge is 2.24. The summed E-state index contributed by atoms with van der Waals surface area (Å²) in [7, 11) is 0.279. The Bertz CT molecular complexity index is 782. The lowest BCUT2D eigenvalue weighted by atomic mass is 10.2. The molecule has 1 aromatic carbocycles. The minimum Gasteiger partial charge on any atom is -0.496 e. The van der Waals surface area contributed by atoms with Crippen molar-refractivity contribution in [2.75, 3.05) is 21.3 Å². The van der Waals surface area contributed by atoms with Crippen molar-refractivity contribution < 1.29 is 27.1 Å². The SMILES string of the molecule is COC(=O)c1ccc(S(=O)(=O)N(C)Cc2ccco2)cc1OC. The third-order valence-electron chi connectivity index (χ3n) is 3.25. The number of carbonyl (C=O) groups excluding carboxylic acids is 1. The van der Waals surface area contributed by atoms with Gasteiger partial charge in [0.15, 0.2) is 0 Å². The summed E-state index contributed by atoms with van der Waals surface area (Å²) >= 11 is 0. The van der Waals surface area contributed by atoms with Crippen molar-refractivity contribution in [2.45, 2.75) is 11.4 Å². The lowest BCUT2D eigenvalue weighted by molar-refractivity contribution is 0.0597. The molecule has 0 amide bonds. The fourth-order valence-electron chi connectivity index (χ4n) is 2.00. The number of benzene rings is 1. The van der Waals surface area contributed by atoms with Crippen LogP contribution in [0.15, 0.2) is 45.9 Å². The van der Waals surface area contributed by atoms with Crippen molar-refractivity contribution in [3.63, 3.8) is 0 Å². The first kappa shape index (κ1) is 17.0. The molecule has 0 unspecified atom stereocenters. The van der Waals surface area contributed by atoms with E-state index in [0.717, 1.165) is 4.31 Å². The molecular weight excluding hydrogens is 322 g/mol. The van der Waals surface area contributed by atoms with E-state index >= 15 is 0 Å². The van der Waals surface area contributed by atoms with Gasteiger partial charge in [-0.2, -0.15) is 4.31 Å². The molecule has 0 N–H and O–H groups in total. The first-order valence-electron chi connectivity index (χ1n) is 6.65. The van der Waals surface area contributed by atoms with Crippen molar-refractivity contribution in [1.82, 2.24) is 4.31 Å². The van der Waals surface area contributed by atoms with E-state index in [1.54, 1.807) is 12.1 Å². The summed E-state index contributed by atoms with van der Waals surface area (Å²) in [6.45, 7) is 0.0937. The average Bonchev–Trinajstić information content (AvgIpc) is 3.06. The molecule has 1 heterocycles. The van der Waals surface area contributed by atoms with E-state index in [2.05, 4.69) is 4.74 Å². The molecule has 0 aliphatic carbocycles. The Balaban J connectivity index is 2.34. The topological polar surface area (TPSA) is 86.1 Å². The predicted octanol–water partition coefficient (Wildman–Crippen LogP) is 1.90. The highest BCUT2D eigenvalue weighted by Crippen LogP contribution is 2.26. The van der Waals surface area contributed by atoms with Crippen LogP contribution in [-0.4, -0.2) is 40.0 Å². The molecule has 0 saturated carbocycles. The molecule has 0 atom stereocenters. The van der Waals surface area contributed by atoms with Gasteiger partial charge >= 0.3 is 5.97 Å². The van der Waals surface area contributed by atoms with Crippen molar-refractivity contribution in [2.24, 2.45) is 0 Å². The van der Waals surface area contributed by atoms with Crippen LogP contribution in [0.2, 0.25) is 0 Å². The van der Waals surface area contributed by atoms with E-state index < -0.39 is 16.0 Å². The van der Waals surface area contributed by atoms with Crippen LogP contribution in [0.4, 0.5) is 0 Å². The fourth-order valence-corrected chi connectivity index (χ4v) is 3.15. The Labute approximate surface area is 134 Å². The van der Waals surface area contributed by atoms with Crippen LogP contribution >= 0.6 is 0 Å². The molecule has 124 valence electrons. The number of esters is 1. The molecular formula is C15H17NO6S. The molecule has 0 spiro atoms. The summed E-state index contributed by atoms with van der Waals surface area (Å²) in [5, 5.41) is 0. The van der Waals surface area contributed by atoms with Crippen molar-refractivity contribution in [3.05, 3.63) is 47.9 Å². The number of carbonyl (C=O) groups is 1. The van der Waals surface area contributed by atoms with Crippen molar-refractivity contribution >= 4 is 16.0 Å². The molecule has 0 aliphatic heterocycles. The van der Waals surface area contributed by atoms with Crippen LogP contribution in [0.3, 0.4) is 0 Å². The molecule has 1 aromatic heterocycles. The van der Waals surface area contributed by atoms with Crippen LogP contribution in [0, 0.1) is 0 Å². The van der Waals surface area contributed by atoms with E-state index in [-0.39, 0.29) is 22.8 Å². The summed E-state index contributed by atoms with van der Waals surface area (Å²) in [6, 6.07) is 7.36. The maximum absolute atomic E-state index is 12.6. The smallest absolute Gasteiger partial charge is 0.341 e. The van der Waals surface area contributed by atoms with Gasteiger partial charge in [-0.1, -0.05) is 0 Å². The van der Waals surface area contributed by atoms with E-state index in [0.29, 0.717) is 5.76 Å². The molecule has 0 aliphatic rings.